The Hall–Kier alpha value is -0.430. The van der Waals surface area contributed by atoms with E-state index in [0.29, 0.717) is 5.92 Å². The number of nitrogens with one attached hydrogen (secondary N) is 1. The number of hydrogen-bond donors (Lipinski definition) is 1. The number of thiazole rings is 1. The lowest BCUT2D eigenvalue weighted by atomic mass is 10.2. The number of hydrogen-bond acceptors (Lipinski definition) is 5. The van der Waals surface area contributed by atoms with Crippen LogP contribution in [-0.2, 0) is 13.1 Å². The predicted molar refractivity (Wildman–Crippen MR) is 97.5 cm³/mol. The van der Waals surface area contributed by atoms with Gasteiger partial charge in [0.05, 0.1) is 12.2 Å². The summed E-state index contributed by atoms with van der Waals surface area (Å²) in [4.78, 5) is 9.61. The summed E-state index contributed by atoms with van der Waals surface area (Å²) in [6.07, 6.45) is 0. The highest BCUT2D eigenvalue weighted by Gasteiger charge is 2.12. The van der Waals surface area contributed by atoms with Crippen LogP contribution in [0.4, 0.5) is 5.13 Å². The predicted octanol–water partition coefficient (Wildman–Crippen LogP) is 4.66. The second kappa shape index (κ2) is 7.72. The van der Waals surface area contributed by atoms with Gasteiger partial charge in [0.1, 0.15) is 0 Å². The maximum atomic E-state index is 4.71. The molecule has 21 heavy (non-hydrogen) atoms. The number of aryl methyl sites for hydroxylation is 1. The van der Waals surface area contributed by atoms with Crippen LogP contribution >= 0.6 is 38.6 Å². The van der Waals surface area contributed by atoms with Gasteiger partial charge in [0.2, 0.25) is 0 Å². The Balaban J connectivity index is 1.96. The van der Waals surface area contributed by atoms with Gasteiger partial charge >= 0.3 is 0 Å². The summed E-state index contributed by atoms with van der Waals surface area (Å²) in [6.45, 7) is 9.42. The molecule has 2 aromatic rings. The lowest BCUT2D eigenvalue weighted by Crippen LogP contribution is -2.18. The Morgan fingerprint density at radius 2 is 2.19 bits per heavy atom. The van der Waals surface area contributed by atoms with Crippen LogP contribution in [0.3, 0.4) is 0 Å². The van der Waals surface area contributed by atoms with Crippen molar-refractivity contribution in [2.45, 2.75) is 33.9 Å². The van der Waals surface area contributed by atoms with Gasteiger partial charge in [-0.3, -0.25) is 0 Å². The van der Waals surface area contributed by atoms with E-state index >= 15 is 0 Å². The van der Waals surface area contributed by atoms with Crippen LogP contribution in [0.1, 0.15) is 29.3 Å². The molecule has 0 bridgehead atoms. The van der Waals surface area contributed by atoms with E-state index in [-0.39, 0.29) is 0 Å². The Bertz CT molecular complexity index is 577. The normalized spacial score (nSPS) is 11.3. The van der Waals surface area contributed by atoms with Crippen molar-refractivity contribution in [3.05, 3.63) is 31.4 Å². The smallest absolute Gasteiger partial charge is 0.185 e. The molecule has 0 aliphatic carbocycles. The highest BCUT2D eigenvalue weighted by Crippen LogP contribution is 2.28. The minimum Gasteiger partial charge on any atom is -0.346 e. The van der Waals surface area contributed by atoms with Crippen LogP contribution in [0, 0.1) is 12.8 Å². The zero-order valence-electron chi connectivity index (χ0n) is 12.9. The summed E-state index contributed by atoms with van der Waals surface area (Å²) in [7, 11) is 2.11. The summed E-state index contributed by atoms with van der Waals surface area (Å²) in [5.41, 5.74) is 1.14. The third kappa shape index (κ3) is 5.06. The van der Waals surface area contributed by atoms with Crippen LogP contribution in [0.5, 0.6) is 0 Å². The Labute approximate surface area is 143 Å². The first kappa shape index (κ1) is 16.9. The SMILES string of the molecule is Cc1nc(N(C)Cc2cc(Br)cs2)sc1CNCC(C)C. The molecule has 0 radical (unpaired) electrons. The fourth-order valence-electron chi connectivity index (χ4n) is 1.95. The first-order valence-electron chi connectivity index (χ1n) is 7.06. The molecule has 0 spiro atoms. The number of rotatable bonds is 7. The molecule has 0 aliphatic heterocycles. The summed E-state index contributed by atoms with van der Waals surface area (Å²) in [5, 5.41) is 6.71. The quantitative estimate of drug-likeness (QED) is 0.748. The zero-order valence-corrected chi connectivity index (χ0v) is 16.2. The first-order chi connectivity index (χ1) is 9.95. The number of thiophene rings is 1. The summed E-state index contributed by atoms with van der Waals surface area (Å²) >= 11 is 7.07. The van der Waals surface area contributed by atoms with Crippen LogP contribution in [0.2, 0.25) is 0 Å². The Morgan fingerprint density at radius 3 is 2.81 bits per heavy atom. The Morgan fingerprint density at radius 1 is 1.43 bits per heavy atom. The first-order valence-corrected chi connectivity index (χ1v) is 9.55. The van der Waals surface area contributed by atoms with E-state index in [1.807, 2.05) is 0 Å². The standard InChI is InChI=1S/C15H22BrN3S2/c1-10(2)6-17-7-14-11(3)18-15(21-14)19(4)8-13-5-12(16)9-20-13/h5,9-10,17H,6-8H2,1-4H3. The molecule has 0 saturated carbocycles. The van der Waals surface area contributed by atoms with Crippen molar-refractivity contribution in [2.75, 3.05) is 18.5 Å². The van der Waals surface area contributed by atoms with E-state index in [1.54, 1.807) is 22.7 Å². The molecule has 0 aliphatic rings. The van der Waals surface area contributed by atoms with Crippen molar-refractivity contribution in [1.29, 1.82) is 0 Å². The summed E-state index contributed by atoms with van der Waals surface area (Å²) in [6, 6.07) is 2.17. The fourth-order valence-corrected chi connectivity index (χ4v) is 4.45. The van der Waals surface area contributed by atoms with Crippen molar-refractivity contribution < 1.29 is 0 Å². The molecule has 6 heteroatoms. The number of anilines is 1. The van der Waals surface area contributed by atoms with Crippen LogP contribution in [-0.4, -0.2) is 18.6 Å². The van der Waals surface area contributed by atoms with E-state index in [0.717, 1.165) is 34.9 Å². The molecule has 2 rings (SSSR count). The molecule has 116 valence electrons. The van der Waals surface area contributed by atoms with Gasteiger partial charge < -0.3 is 10.2 Å². The maximum absolute atomic E-state index is 4.71. The zero-order chi connectivity index (χ0) is 15.4. The minimum absolute atomic E-state index is 0.678. The van der Waals surface area contributed by atoms with Crippen molar-refractivity contribution >= 4 is 43.7 Å². The average molecular weight is 388 g/mol. The molecule has 1 N–H and O–H groups in total. The molecular weight excluding hydrogens is 366 g/mol. The minimum atomic E-state index is 0.678. The third-order valence-electron chi connectivity index (χ3n) is 3.06. The van der Waals surface area contributed by atoms with Crippen molar-refractivity contribution in [2.24, 2.45) is 5.92 Å². The van der Waals surface area contributed by atoms with Crippen molar-refractivity contribution in [3.8, 4) is 0 Å². The van der Waals surface area contributed by atoms with Crippen LogP contribution in [0.25, 0.3) is 0 Å². The van der Waals surface area contributed by atoms with E-state index in [1.165, 1.54) is 9.75 Å². The number of halogens is 1. The molecular formula is C15H22BrN3S2. The molecule has 2 heterocycles. The largest absolute Gasteiger partial charge is 0.346 e. The average Bonchev–Trinajstić information content (AvgIpc) is 2.96. The highest BCUT2D eigenvalue weighted by molar-refractivity contribution is 9.10. The van der Waals surface area contributed by atoms with Crippen LogP contribution < -0.4 is 10.2 Å². The summed E-state index contributed by atoms with van der Waals surface area (Å²) in [5.74, 6) is 0.678. The fraction of sp³-hybridized carbons (Fsp3) is 0.533. The molecule has 0 fully saturated rings. The van der Waals surface area contributed by atoms with Gasteiger partial charge in [0, 0.05) is 33.2 Å². The van der Waals surface area contributed by atoms with Crippen LogP contribution in [0.15, 0.2) is 15.9 Å². The number of aromatic nitrogens is 1. The lowest BCUT2D eigenvalue weighted by molar-refractivity contribution is 0.554. The van der Waals surface area contributed by atoms with Gasteiger partial charge in [-0.15, -0.1) is 22.7 Å². The topological polar surface area (TPSA) is 28.2 Å². The third-order valence-corrected chi connectivity index (χ3v) is 6.01. The van der Waals surface area contributed by atoms with Gasteiger partial charge in [0.15, 0.2) is 5.13 Å². The lowest BCUT2D eigenvalue weighted by Gasteiger charge is -2.14. The van der Waals surface area contributed by atoms with E-state index < -0.39 is 0 Å². The maximum Gasteiger partial charge on any atom is 0.185 e. The molecule has 2 aromatic heterocycles. The van der Waals surface area contributed by atoms with E-state index in [2.05, 4.69) is 65.4 Å². The summed E-state index contributed by atoms with van der Waals surface area (Å²) < 4.78 is 1.16. The molecule has 0 aromatic carbocycles. The van der Waals surface area contributed by atoms with E-state index in [4.69, 9.17) is 4.98 Å². The second-order valence-electron chi connectivity index (χ2n) is 5.62. The van der Waals surface area contributed by atoms with Gasteiger partial charge in [-0.2, -0.15) is 0 Å². The molecule has 0 amide bonds. The van der Waals surface area contributed by atoms with Crippen molar-refractivity contribution in [1.82, 2.24) is 10.3 Å². The van der Waals surface area contributed by atoms with E-state index in [9.17, 15) is 0 Å². The number of nitrogens with zero attached hydrogens (tertiary/aromatic N) is 2. The molecule has 3 nitrogen and oxygen atoms in total. The van der Waals surface area contributed by atoms with Gasteiger partial charge in [-0.05, 0) is 41.4 Å². The van der Waals surface area contributed by atoms with Crippen molar-refractivity contribution in [3.63, 3.8) is 0 Å². The van der Waals surface area contributed by atoms with Gasteiger partial charge in [-0.1, -0.05) is 13.8 Å². The Kier molecular flexibility index (Phi) is 6.22. The second-order valence-corrected chi connectivity index (χ2v) is 8.59. The highest BCUT2D eigenvalue weighted by atomic mass is 79.9. The molecule has 0 atom stereocenters. The monoisotopic (exact) mass is 387 g/mol. The van der Waals surface area contributed by atoms with Gasteiger partial charge in [0.25, 0.3) is 0 Å². The molecule has 0 unspecified atom stereocenters. The molecule has 0 saturated heterocycles. The van der Waals surface area contributed by atoms with Gasteiger partial charge in [-0.25, -0.2) is 4.98 Å².